The Labute approximate surface area is 125 Å². The predicted octanol–water partition coefficient (Wildman–Crippen LogP) is -0.629. The average Bonchev–Trinajstić information content (AvgIpc) is 2.94. The van der Waals surface area contributed by atoms with E-state index in [0.29, 0.717) is 25.3 Å². The highest BCUT2D eigenvalue weighted by molar-refractivity contribution is 5.92. The minimum Gasteiger partial charge on any atom is -0.395 e. The lowest BCUT2D eigenvalue weighted by Gasteiger charge is -2.36. The number of likely N-dealkylation sites (tertiary alicyclic amines) is 1. The number of rotatable bonds is 6. The van der Waals surface area contributed by atoms with E-state index in [1.807, 2.05) is 4.57 Å². The van der Waals surface area contributed by atoms with Crippen molar-refractivity contribution in [1.82, 2.24) is 19.4 Å². The minimum absolute atomic E-state index is 0.0262. The summed E-state index contributed by atoms with van der Waals surface area (Å²) in [6.45, 7) is 3.44. The quantitative estimate of drug-likeness (QED) is 0.729. The zero-order chi connectivity index (χ0) is 15.2. The topological polar surface area (TPSA) is 87.6 Å². The van der Waals surface area contributed by atoms with E-state index in [4.69, 9.17) is 5.73 Å². The summed E-state index contributed by atoms with van der Waals surface area (Å²) in [5.74, 6) is -0.102. The van der Waals surface area contributed by atoms with Crippen LogP contribution in [0.2, 0.25) is 0 Å². The van der Waals surface area contributed by atoms with Crippen molar-refractivity contribution < 1.29 is 9.90 Å². The summed E-state index contributed by atoms with van der Waals surface area (Å²) >= 11 is 0. The first-order valence-corrected chi connectivity index (χ1v) is 7.48. The van der Waals surface area contributed by atoms with Gasteiger partial charge < -0.3 is 25.2 Å². The van der Waals surface area contributed by atoms with Crippen molar-refractivity contribution in [2.75, 3.05) is 39.8 Å². The van der Waals surface area contributed by atoms with Crippen molar-refractivity contribution in [3.63, 3.8) is 0 Å². The summed E-state index contributed by atoms with van der Waals surface area (Å²) in [4.78, 5) is 20.8. The average molecular weight is 295 g/mol. The Kier molecular flexibility index (Phi) is 5.72. The normalized spacial score (nSPS) is 17.1. The molecule has 7 nitrogen and oxygen atoms in total. The molecule has 1 aromatic rings. The fourth-order valence-corrected chi connectivity index (χ4v) is 2.75. The monoisotopic (exact) mass is 295 g/mol. The zero-order valence-electron chi connectivity index (χ0n) is 12.6. The van der Waals surface area contributed by atoms with Gasteiger partial charge in [0, 0.05) is 31.9 Å². The fraction of sp³-hybridized carbons (Fsp3) is 0.714. The van der Waals surface area contributed by atoms with Gasteiger partial charge >= 0.3 is 0 Å². The fourth-order valence-electron chi connectivity index (χ4n) is 2.75. The van der Waals surface area contributed by atoms with E-state index < -0.39 is 0 Å². The summed E-state index contributed by atoms with van der Waals surface area (Å²) in [5.41, 5.74) is 5.93. The third-order valence-corrected chi connectivity index (χ3v) is 3.97. The van der Waals surface area contributed by atoms with Gasteiger partial charge in [0.1, 0.15) is 5.69 Å². The van der Waals surface area contributed by atoms with Crippen LogP contribution in [0.4, 0.5) is 0 Å². The first kappa shape index (κ1) is 15.9. The van der Waals surface area contributed by atoms with Crippen LogP contribution in [0, 0.1) is 0 Å². The predicted molar refractivity (Wildman–Crippen MR) is 79.9 cm³/mol. The Balaban J connectivity index is 2.07. The highest BCUT2D eigenvalue weighted by Gasteiger charge is 2.28. The molecule has 2 rings (SSSR count). The van der Waals surface area contributed by atoms with Gasteiger partial charge in [-0.2, -0.15) is 0 Å². The van der Waals surface area contributed by atoms with Crippen LogP contribution in [0.25, 0.3) is 0 Å². The number of aliphatic hydroxyl groups is 1. The molecule has 21 heavy (non-hydrogen) atoms. The third-order valence-electron chi connectivity index (χ3n) is 3.97. The van der Waals surface area contributed by atoms with Gasteiger partial charge in [0.05, 0.1) is 12.9 Å². The molecule has 1 aromatic heterocycles. The number of amides is 1. The largest absolute Gasteiger partial charge is 0.395 e. The molecular formula is C14H25N5O2. The molecule has 0 saturated carbocycles. The number of hydrogen-bond acceptors (Lipinski definition) is 5. The van der Waals surface area contributed by atoms with Crippen LogP contribution in [0.3, 0.4) is 0 Å². The summed E-state index contributed by atoms with van der Waals surface area (Å²) in [6, 6.07) is 0.181. The van der Waals surface area contributed by atoms with E-state index in [1.165, 1.54) is 0 Å². The maximum Gasteiger partial charge on any atom is 0.274 e. The molecule has 1 aliphatic heterocycles. The standard InChI is InChI=1S/C14H25N5O2/c1-17-5-2-12(3-6-17)19(8-9-20)14(21)13-10-18(7-4-15)11-16-13/h10-12,20H,2-9,15H2,1H3. The SMILES string of the molecule is CN1CCC(N(CCO)C(=O)c2cn(CCN)cn2)CC1. The lowest BCUT2D eigenvalue weighted by atomic mass is 10.0. The molecule has 0 bridgehead atoms. The van der Waals surface area contributed by atoms with Crippen molar-refractivity contribution in [2.45, 2.75) is 25.4 Å². The number of carbonyl (C=O) groups is 1. The lowest BCUT2D eigenvalue weighted by molar-refractivity contribution is 0.0534. The Hall–Kier alpha value is -1.44. The van der Waals surface area contributed by atoms with Gasteiger partial charge in [-0.05, 0) is 33.0 Å². The maximum atomic E-state index is 12.6. The number of aromatic nitrogens is 2. The van der Waals surface area contributed by atoms with Gasteiger partial charge in [0.25, 0.3) is 5.91 Å². The van der Waals surface area contributed by atoms with Crippen LogP contribution in [-0.4, -0.2) is 76.2 Å². The van der Waals surface area contributed by atoms with Crippen LogP contribution in [0.15, 0.2) is 12.5 Å². The van der Waals surface area contributed by atoms with Crippen molar-refractivity contribution in [3.05, 3.63) is 18.2 Å². The second-order valence-electron chi connectivity index (χ2n) is 5.54. The number of nitrogens with two attached hydrogens (primary N) is 1. The van der Waals surface area contributed by atoms with E-state index in [1.54, 1.807) is 17.4 Å². The molecule has 3 N–H and O–H groups in total. The molecule has 118 valence electrons. The molecule has 2 heterocycles. The zero-order valence-corrected chi connectivity index (χ0v) is 12.6. The van der Waals surface area contributed by atoms with Gasteiger partial charge in [-0.3, -0.25) is 4.79 Å². The van der Waals surface area contributed by atoms with Crippen molar-refractivity contribution in [2.24, 2.45) is 5.73 Å². The van der Waals surface area contributed by atoms with E-state index in [-0.39, 0.29) is 18.6 Å². The molecule has 0 aromatic carbocycles. The molecule has 1 aliphatic rings. The van der Waals surface area contributed by atoms with Crippen molar-refractivity contribution in [1.29, 1.82) is 0 Å². The van der Waals surface area contributed by atoms with E-state index in [9.17, 15) is 9.90 Å². The molecule has 0 aliphatic carbocycles. The molecule has 0 atom stereocenters. The molecule has 0 unspecified atom stereocenters. The summed E-state index contributed by atoms with van der Waals surface area (Å²) in [5, 5.41) is 9.26. The number of carbonyl (C=O) groups excluding carboxylic acids is 1. The van der Waals surface area contributed by atoms with Crippen LogP contribution in [0.1, 0.15) is 23.3 Å². The Morgan fingerprint density at radius 3 is 2.86 bits per heavy atom. The van der Waals surface area contributed by atoms with Crippen molar-refractivity contribution in [3.8, 4) is 0 Å². The molecule has 1 fully saturated rings. The summed E-state index contributed by atoms with van der Waals surface area (Å²) in [7, 11) is 2.09. The summed E-state index contributed by atoms with van der Waals surface area (Å²) < 4.78 is 1.82. The number of hydrogen-bond donors (Lipinski definition) is 2. The smallest absolute Gasteiger partial charge is 0.274 e. The minimum atomic E-state index is -0.102. The molecule has 1 amide bonds. The molecule has 0 spiro atoms. The molecule has 1 saturated heterocycles. The molecular weight excluding hydrogens is 270 g/mol. The first-order chi connectivity index (χ1) is 10.2. The number of aliphatic hydroxyl groups excluding tert-OH is 1. The van der Waals surface area contributed by atoms with Crippen LogP contribution in [-0.2, 0) is 6.54 Å². The number of piperidine rings is 1. The summed E-state index contributed by atoms with van der Waals surface area (Å²) in [6.07, 6.45) is 5.23. The second-order valence-corrected chi connectivity index (χ2v) is 5.54. The van der Waals surface area contributed by atoms with E-state index in [0.717, 1.165) is 25.9 Å². The van der Waals surface area contributed by atoms with Crippen LogP contribution < -0.4 is 5.73 Å². The second kappa shape index (κ2) is 7.53. The highest BCUT2D eigenvalue weighted by atomic mass is 16.3. The Morgan fingerprint density at radius 1 is 1.52 bits per heavy atom. The van der Waals surface area contributed by atoms with Crippen LogP contribution >= 0.6 is 0 Å². The number of imidazole rings is 1. The Morgan fingerprint density at radius 2 is 2.24 bits per heavy atom. The maximum absolute atomic E-state index is 12.6. The first-order valence-electron chi connectivity index (χ1n) is 7.48. The van der Waals surface area contributed by atoms with Crippen molar-refractivity contribution >= 4 is 5.91 Å². The van der Waals surface area contributed by atoms with Gasteiger partial charge in [0.15, 0.2) is 0 Å². The van der Waals surface area contributed by atoms with Gasteiger partial charge in [-0.25, -0.2) is 4.98 Å². The van der Waals surface area contributed by atoms with Gasteiger partial charge in [-0.1, -0.05) is 0 Å². The highest BCUT2D eigenvalue weighted by Crippen LogP contribution is 2.17. The molecule has 0 radical (unpaired) electrons. The molecule has 7 heteroatoms. The van der Waals surface area contributed by atoms with E-state index in [2.05, 4.69) is 16.9 Å². The van der Waals surface area contributed by atoms with Crippen LogP contribution in [0.5, 0.6) is 0 Å². The van der Waals surface area contributed by atoms with Gasteiger partial charge in [-0.15, -0.1) is 0 Å². The van der Waals surface area contributed by atoms with Gasteiger partial charge in [0.2, 0.25) is 0 Å². The Bertz CT molecular complexity index is 454. The third kappa shape index (κ3) is 4.03. The van der Waals surface area contributed by atoms with E-state index >= 15 is 0 Å². The number of nitrogens with zero attached hydrogens (tertiary/aromatic N) is 4. The lowest BCUT2D eigenvalue weighted by Crippen LogP contribution is -2.47.